The predicted molar refractivity (Wildman–Crippen MR) is 68.2 cm³/mol. The van der Waals surface area contributed by atoms with E-state index in [1.807, 2.05) is 11.8 Å². The van der Waals surface area contributed by atoms with Crippen molar-refractivity contribution in [1.82, 2.24) is 14.9 Å². The Balaban J connectivity index is 2.33. The fraction of sp³-hybridized carbons (Fsp3) is 0.615. The number of rotatable bonds is 2. The van der Waals surface area contributed by atoms with E-state index < -0.39 is 0 Å². The van der Waals surface area contributed by atoms with Crippen LogP contribution < -0.4 is 5.56 Å². The zero-order chi connectivity index (χ0) is 13.1. The van der Waals surface area contributed by atoms with Crippen LogP contribution in [0.4, 0.5) is 0 Å². The van der Waals surface area contributed by atoms with Gasteiger partial charge in [-0.2, -0.15) is 0 Å². The minimum absolute atomic E-state index is 0.0350. The van der Waals surface area contributed by atoms with E-state index in [1.54, 1.807) is 6.92 Å². The van der Waals surface area contributed by atoms with Crippen LogP contribution in [0.3, 0.4) is 0 Å². The van der Waals surface area contributed by atoms with Crippen molar-refractivity contribution in [3.63, 3.8) is 0 Å². The van der Waals surface area contributed by atoms with Crippen molar-refractivity contribution >= 4 is 5.91 Å². The summed E-state index contributed by atoms with van der Waals surface area (Å²) < 4.78 is 0. The maximum atomic E-state index is 11.9. The highest BCUT2D eigenvalue weighted by Crippen LogP contribution is 2.29. The van der Waals surface area contributed by atoms with Gasteiger partial charge in [-0.15, -0.1) is 0 Å². The van der Waals surface area contributed by atoms with Crippen molar-refractivity contribution < 1.29 is 4.79 Å². The van der Waals surface area contributed by atoms with Crippen LogP contribution in [0.5, 0.6) is 0 Å². The van der Waals surface area contributed by atoms with E-state index in [1.165, 1.54) is 6.07 Å². The third kappa shape index (κ3) is 2.60. The first-order valence-corrected chi connectivity index (χ1v) is 6.49. The van der Waals surface area contributed by atoms with Gasteiger partial charge in [-0.1, -0.05) is 6.92 Å². The highest BCUT2D eigenvalue weighted by Gasteiger charge is 2.28. The van der Waals surface area contributed by atoms with Gasteiger partial charge in [0.05, 0.1) is 11.7 Å². The van der Waals surface area contributed by atoms with E-state index in [9.17, 15) is 9.59 Å². The number of nitrogens with zero attached hydrogens (tertiary/aromatic N) is 2. The van der Waals surface area contributed by atoms with Gasteiger partial charge in [-0.3, -0.25) is 9.59 Å². The molecule has 1 aliphatic rings. The van der Waals surface area contributed by atoms with Crippen LogP contribution >= 0.6 is 0 Å². The molecular formula is C13H19N3O2. The van der Waals surface area contributed by atoms with Crippen LogP contribution in [0.25, 0.3) is 0 Å². The van der Waals surface area contributed by atoms with Gasteiger partial charge in [0.1, 0.15) is 5.82 Å². The van der Waals surface area contributed by atoms with Crippen molar-refractivity contribution in [3.8, 4) is 0 Å². The van der Waals surface area contributed by atoms with Crippen LogP contribution in [0.2, 0.25) is 0 Å². The Morgan fingerprint density at radius 3 is 3.00 bits per heavy atom. The van der Waals surface area contributed by atoms with Crippen LogP contribution in [0.15, 0.2) is 10.9 Å². The lowest BCUT2D eigenvalue weighted by molar-refractivity contribution is -0.134. The predicted octanol–water partition coefficient (Wildman–Crippen LogP) is 1.54. The lowest BCUT2D eigenvalue weighted by atomic mass is 9.98. The Morgan fingerprint density at radius 2 is 2.33 bits per heavy atom. The summed E-state index contributed by atoms with van der Waals surface area (Å²) in [5, 5.41) is 0. The molecule has 0 aromatic carbocycles. The molecule has 0 aliphatic carbocycles. The van der Waals surface area contributed by atoms with Gasteiger partial charge in [-0.05, 0) is 26.2 Å². The zero-order valence-corrected chi connectivity index (χ0v) is 10.9. The molecule has 0 bridgehead atoms. The molecule has 1 aliphatic heterocycles. The summed E-state index contributed by atoms with van der Waals surface area (Å²) in [6, 6.07) is 1.48. The number of aromatic nitrogens is 2. The lowest BCUT2D eigenvalue weighted by Gasteiger charge is -2.35. The molecule has 5 heteroatoms. The van der Waals surface area contributed by atoms with Crippen LogP contribution in [-0.2, 0) is 4.79 Å². The lowest BCUT2D eigenvalue weighted by Crippen LogP contribution is -2.39. The van der Waals surface area contributed by atoms with Crippen LogP contribution in [-0.4, -0.2) is 27.3 Å². The summed E-state index contributed by atoms with van der Waals surface area (Å²) in [6.07, 6.45) is 3.50. The van der Waals surface area contributed by atoms with E-state index in [-0.39, 0.29) is 17.5 Å². The van der Waals surface area contributed by atoms with E-state index >= 15 is 0 Å². The minimum atomic E-state index is -0.146. The first-order valence-electron chi connectivity index (χ1n) is 6.49. The molecule has 0 unspecified atom stereocenters. The van der Waals surface area contributed by atoms with Gasteiger partial charge in [0, 0.05) is 19.0 Å². The summed E-state index contributed by atoms with van der Waals surface area (Å²) in [4.78, 5) is 32.3. The summed E-state index contributed by atoms with van der Waals surface area (Å²) in [7, 11) is 0. The maximum Gasteiger partial charge on any atom is 0.251 e. The molecule has 98 valence electrons. The normalized spacial score (nSPS) is 19.9. The van der Waals surface area contributed by atoms with Crippen molar-refractivity contribution in [2.24, 2.45) is 0 Å². The Kier molecular flexibility index (Phi) is 3.79. The summed E-state index contributed by atoms with van der Waals surface area (Å²) in [6.45, 7) is 4.40. The Bertz CT molecular complexity index is 495. The molecule has 1 aromatic heterocycles. The molecule has 0 radical (unpaired) electrons. The molecule has 0 spiro atoms. The maximum absolute atomic E-state index is 11.9. The van der Waals surface area contributed by atoms with Gasteiger partial charge in [0.25, 0.3) is 5.56 Å². The summed E-state index contributed by atoms with van der Waals surface area (Å²) in [5.74, 6) is 0.742. The molecule has 1 atom stereocenters. The minimum Gasteiger partial charge on any atom is -0.334 e. The number of H-pyrrole nitrogens is 1. The van der Waals surface area contributed by atoms with Gasteiger partial charge < -0.3 is 9.88 Å². The molecule has 0 saturated carbocycles. The SMILES string of the molecule is CCC(=O)N1CCCC[C@@H]1c1cc(=O)[nH]c(C)n1. The first-order chi connectivity index (χ1) is 8.61. The number of hydrogen-bond acceptors (Lipinski definition) is 3. The Labute approximate surface area is 106 Å². The fourth-order valence-corrected chi connectivity index (χ4v) is 2.51. The molecule has 18 heavy (non-hydrogen) atoms. The van der Waals surface area contributed by atoms with Gasteiger partial charge in [0.15, 0.2) is 0 Å². The van der Waals surface area contributed by atoms with E-state index in [0.29, 0.717) is 12.2 Å². The van der Waals surface area contributed by atoms with Crippen molar-refractivity contribution in [3.05, 3.63) is 27.9 Å². The highest BCUT2D eigenvalue weighted by molar-refractivity contribution is 5.76. The molecular weight excluding hydrogens is 230 g/mol. The number of aryl methyl sites for hydroxylation is 1. The monoisotopic (exact) mass is 249 g/mol. The standard InChI is InChI=1S/C13H19N3O2/c1-3-13(18)16-7-5-4-6-11(16)10-8-12(17)15-9(2)14-10/h8,11H,3-7H2,1-2H3,(H,14,15,17)/t11-/m1/s1. The van der Waals surface area contributed by atoms with Crippen molar-refractivity contribution in [1.29, 1.82) is 0 Å². The van der Waals surface area contributed by atoms with E-state index in [2.05, 4.69) is 9.97 Å². The summed E-state index contributed by atoms with van der Waals surface area (Å²) in [5.41, 5.74) is 0.574. The highest BCUT2D eigenvalue weighted by atomic mass is 16.2. The van der Waals surface area contributed by atoms with Gasteiger partial charge >= 0.3 is 0 Å². The molecule has 2 rings (SSSR count). The third-order valence-electron chi connectivity index (χ3n) is 3.35. The average molecular weight is 249 g/mol. The largest absolute Gasteiger partial charge is 0.334 e. The second-order valence-electron chi connectivity index (χ2n) is 4.71. The second-order valence-corrected chi connectivity index (χ2v) is 4.71. The first kappa shape index (κ1) is 12.8. The fourth-order valence-electron chi connectivity index (χ4n) is 2.51. The second kappa shape index (κ2) is 5.33. The number of carbonyl (C=O) groups excluding carboxylic acids is 1. The Morgan fingerprint density at radius 1 is 1.56 bits per heavy atom. The van der Waals surface area contributed by atoms with Gasteiger partial charge in [0.2, 0.25) is 5.91 Å². The number of amides is 1. The zero-order valence-electron chi connectivity index (χ0n) is 10.9. The number of carbonyl (C=O) groups is 1. The van der Waals surface area contributed by atoms with E-state index in [0.717, 1.165) is 31.5 Å². The quantitative estimate of drug-likeness (QED) is 0.864. The van der Waals surface area contributed by atoms with Crippen molar-refractivity contribution in [2.75, 3.05) is 6.54 Å². The summed E-state index contributed by atoms with van der Waals surface area (Å²) >= 11 is 0. The molecule has 1 amide bonds. The molecule has 1 fully saturated rings. The number of likely N-dealkylation sites (tertiary alicyclic amines) is 1. The molecule has 1 N–H and O–H groups in total. The third-order valence-corrected chi connectivity index (χ3v) is 3.35. The smallest absolute Gasteiger partial charge is 0.251 e. The topological polar surface area (TPSA) is 66.1 Å². The number of aromatic amines is 1. The number of hydrogen-bond donors (Lipinski definition) is 1. The number of nitrogens with one attached hydrogen (secondary N) is 1. The molecule has 5 nitrogen and oxygen atoms in total. The van der Waals surface area contributed by atoms with E-state index in [4.69, 9.17) is 0 Å². The molecule has 2 heterocycles. The Hall–Kier alpha value is -1.65. The average Bonchev–Trinajstić information content (AvgIpc) is 2.36. The van der Waals surface area contributed by atoms with Crippen LogP contribution in [0, 0.1) is 6.92 Å². The van der Waals surface area contributed by atoms with Gasteiger partial charge in [-0.25, -0.2) is 4.98 Å². The number of piperidine rings is 1. The van der Waals surface area contributed by atoms with Crippen LogP contribution in [0.1, 0.15) is 50.2 Å². The van der Waals surface area contributed by atoms with Crippen molar-refractivity contribution in [2.45, 2.75) is 45.6 Å². The molecule has 1 saturated heterocycles. The molecule has 1 aromatic rings.